The molecule has 0 aliphatic carbocycles. The summed E-state index contributed by atoms with van der Waals surface area (Å²) in [5.41, 5.74) is 0. The zero-order valence-corrected chi connectivity index (χ0v) is 20.2. The van der Waals surface area contributed by atoms with Crippen molar-refractivity contribution in [2.75, 3.05) is 0 Å². The first kappa shape index (κ1) is 25.6. The lowest BCUT2D eigenvalue weighted by atomic mass is 9.80. The largest absolute Gasteiger partial charge is 0.462 e. The van der Waals surface area contributed by atoms with Gasteiger partial charge in [0.05, 0.1) is 12.2 Å². The summed E-state index contributed by atoms with van der Waals surface area (Å²) in [4.78, 5) is 11.5. The van der Waals surface area contributed by atoms with Crippen molar-refractivity contribution < 1.29 is 19.1 Å². The van der Waals surface area contributed by atoms with Crippen LogP contribution in [-0.4, -0.2) is 37.7 Å². The first-order valence-electron chi connectivity index (χ1n) is 10.1. The maximum absolute atomic E-state index is 11.5. The molecule has 5 atom stereocenters. The Labute approximate surface area is 163 Å². The van der Waals surface area contributed by atoms with Crippen molar-refractivity contribution in [3.05, 3.63) is 0 Å². The number of carbonyl (C=O) groups excluding carboxylic acids is 1. The maximum Gasteiger partial charge on any atom is 0.302 e. The third kappa shape index (κ3) is 6.97. The van der Waals surface area contributed by atoms with Crippen LogP contribution >= 0.6 is 0 Å². The zero-order chi connectivity index (χ0) is 21.0. The minimum atomic E-state index is -1.95. The molecule has 0 saturated carbocycles. The number of hydrogen-bond donors (Lipinski definition) is 1. The van der Waals surface area contributed by atoms with Crippen LogP contribution in [0.4, 0.5) is 0 Å². The van der Waals surface area contributed by atoms with Crippen molar-refractivity contribution >= 4 is 14.3 Å². The van der Waals surface area contributed by atoms with Gasteiger partial charge in [-0.05, 0) is 30.0 Å². The summed E-state index contributed by atoms with van der Waals surface area (Å²) in [6, 6.07) is 0. The number of esters is 1. The third-order valence-electron chi connectivity index (χ3n) is 5.97. The van der Waals surface area contributed by atoms with Crippen LogP contribution in [-0.2, 0) is 14.0 Å². The highest BCUT2D eigenvalue weighted by molar-refractivity contribution is 6.74. The lowest BCUT2D eigenvalue weighted by molar-refractivity contribution is -0.156. The molecule has 0 aromatic heterocycles. The number of ether oxygens (including phenoxy) is 1. The fourth-order valence-corrected chi connectivity index (χ4v) is 4.80. The van der Waals surface area contributed by atoms with Gasteiger partial charge in [-0.15, -0.1) is 0 Å². The highest BCUT2D eigenvalue weighted by Crippen LogP contribution is 2.40. The standard InChI is InChI=1S/C21H44O4Si/c1-13(2)19(24-17(7)22)15(5)18(23)16(6)20(14(3)4)25-26(11,12)21(8,9)10/h13-16,18-20,23H,1-12H3/t15-,16+,18+,19-,20+/m1/s1. The average Bonchev–Trinajstić information content (AvgIpc) is 2.46. The topological polar surface area (TPSA) is 55.8 Å². The first-order chi connectivity index (χ1) is 11.5. The van der Waals surface area contributed by atoms with E-state index in [1.165, 1.54) is 6.92 Å². The summed E-state index contributed by atoms with van der Waals surface area (Å²) in [5, 5.41) is 11.2. The van der Waals surface area contributed by atoms with Crippen LogP contribution in [0.2, 0.25) is 18.1 Å². The predicted molar refractivity (Wildman–Crippen MR) is 112 cm³/mol. The molecule has 0 unspecified atom stereocenters. The fraction of sp³-hybridized carbons (Fsp3) is 0.952. The molecule has 0 saturated heterocycles. The van der Waals surface area contributed by atoms with Crippen LogP contribution in [0.15, 0.2) is 0 Å². The van der Waals surface area contributed by atoms with Crippen molar-refractivity contribution in [1.82, 2.24) is 0 Å². The van der Waals surface area contributed by atoms with Crippen molar-refractivity contribution in [3.63, 3.8) is 0 Å². The summed E-state index contributed by atoms with van der Waals surface area (Å²) in [5.74, 6) is -0.0517. The van der Waals surface area contributed by atoms with Gasteiger partial charge in [-0.1, -0.05) is 62.3 Å². The van der Waals surface area contributed by atoms with E-state index in [2.05, 4.69) is 54.6 Å². The number of aliphatic hydroxyl groups is 1. The second-order valence-corrected chi connectivity index (χ2v) is 14.9. The van der Waals surface area contributed by atoms with E-state index in [1.54, 1.807) is 0 Å². The second-order valence-electron chi connectivity index (χ2n) is 10.1. The van der Waals surface area contributed by atoms with E-state index in [4.69, 9.17) is 9.16 Å². The van der Waals surface area contributed by atoms with Crippen LogP contribution < -0.4 is 0 Å². The SMILES string of the molecule is CC(=O)O[C@H](C(C)C)[C@H](C)[C@H](O)[C@H](C)[C@@H](O[Si](C)(C)C(C)(C)C)C(C)C. The molecule has 0 aromatic rings. The molecule has 0 aromatic carbocycles. The smallest absolute Gasteiger partial charge is 0.302 e. The van der Waals surface area contributed by atoms with E-state index >= 15 is 0 Å². The minimum Gasteiger partial charge on any atom is -0.462 e. The van der Waals surface area contributed by atoms with Crippen LogP contribution in [0.1, 0.15) is 69.2 Å². The van der Waals surface area contributed by atoms with Gasteiger partial charge in [0.2, 0.25) is 0 Å². The molecule has 5 heteroatoms. The summed E-state index contributed by atoms with van der Waals surface area (Å²) >= 11 is 0. The Balaban J connectivity index is 5.45. The van der Waals surface area contributed by atoms with E-state index in [9.17, 15) is 9.90 Å². The molecular weight excluding hydrogens is 344 g/mol. The highest BCUT2D eigenvalue weighted by Gasteiger charge is 2.43. The molecule has 0 spiro atoms. The lowest BCUT2D eigenvalue weighted by Gasteiger charge is -2.44. The number of hydrogen-bond acceptors (Lipinski definition) is 4. The van der Waals surface area contributed by atoms with Gasteiger partial charge in [0.15, 0.2) is 8.32 Å². The Hall–Kier alpha value is -0.393. The van der Waals surface area contributed by atoms with Gasteiger partial charge >= 0.3 is 5.97 Å². The summed E-state index contributed by atoms with van der Waals surface area (Å²) in [6.45, 7) is 25.0. The van der Waals surface area contributed by atoms with Gasteiger partial charge in [-0.3, -0.25) is 4.79 Å². The van der Waals surface area contributed by atoms with Crippen molar-refractivity contribution in [3.8, 4) is 0 Å². The Morgan fingerprint density at radius 1 is 0.885 bits per heavy atom. The molecule has 0 radical (unpaired) electrons. The van der Waals surface area contributed by atoms with Gasteiger partial charge in [-0.2, -0.15) is 0 Å². The second kappa shape index (κ2) is 9.70. The zero-order valence-electron chi connectivity index (χ0n) is 19.2. The molecule has 0 rings (SSSR count). The van der Waals surface area contributed by atoms with Crippen LogP contribution in [0.25, 0.3) is 0 Å². The van der Waals surface area contributed by atoms with Crippen molar-refractivity contribution in [2.45, 2.75) is 106 Å². The minimum absolute atomic E-state index is 0.0292. The monoisotopic (exact) mass is 388 g/mol. The van der Waals surface area contributed by atoms with Gasteiger partial charge in [-0.25, -0.2) is 0 Å². The Bertz CT molecular complexity index is 440. The molecule has 0 aliphatic heterocycles. The summed E-state index contributed by atoms with van der Waals surface area (Å²) in [7, 11) is -1.95. The van der Waals surface area contributed by atoms with Gasteiger partial charge in [0, 0.05) is 18.8 Å². The van der Waals surface area contributed by atoms with E-state index in [1.807, 2.05) is 20.8 Å². The number of aliphatic hydroxyl groups excluding tert-OH is 1. The first-order valence-corrected chi connectivity index (χ1v) is 13.0. The van der Waals surface area contributed by atoms with Crippen LogP contribution in [0.3, 0.4) is 0 Å². The molecule has 0 amide bonds. The molecular formula is C21H44O4Si. The molecule has 4 nitrogen and oxygen atoms in total. The summed E-state index contributed by atoms with van der Waals surface area (Å²) < 4.78 is 12.2. The quantitative estimate of drug-likeness (QED) is 0.433. The predicted octanol–water partition coefficient (Wildman–Crippen LogP) is 5.25. The molecule has 1 N–H and O–H groups in total. The molecule has 0 heterocycles. The van der Waals surface area contributed by atoms with E-state index in [-0.39, 0.29) is 41.0 Å². The average molecular weight is 389 g/mol. The fourth-order valence-electron chi connectivity index (χ4n) is 3.28. The normalized spacial score (nSPS) is 19.2. The maximum atomic E-state index is 11.5. The van der Waals surface area contributed by atoms with E-state index in [0.717, 1.165) is 0 Å². The molecule has 26 heavy (non-hydrogen) atoms. The highest BCUT2D eigenvalue weighted by atomic mass is 28.4. The molecule has 0 fully saturated rings. The van der Waals surface area contributed by atoms with Gasteiger partial charge in [0.1, 0.15) is 6.10 Å². The molecule has 0 bridgehead atoms. The lowest BCUT2D eigenvalue weighted by Crippen LogP contribution is -2.50. The number of rotatable bonds is 9. The van der Waals surface area contributed by atoms with Crippen molar-refractivity contribution in [2.24, 2.45) is 23.7 Å². The van der Waals surface area contributed by atoms with E-state index < -0.39 is 14.4 Å². The van der Waals surface area contributed by atoms with Gasteiger partial charge in [0.25, 0.3) is 0 Å². The van der Waals surface area contributed by atoms with Gasteiger partial charge < -0.3 is 14.3 Å². The number of carbonyl (C=O) groups is 1. The van der Waals surface area contributed by atoms with Crippen LogP contribution in [0.5, 0.6) is 0 Å². The molecule has 0 aliphatic rings. The van der Waals surface area contributed by atoms with Crippen LogP contribution in [0, 0.1) is 23.7 Å². The Morgan fingerprint density at radius 2 is 1.27 bits per heavy atom. The summed E-state index contributed by atoms with van der Waals surface area (Å²) in [6.07, 6.45) is -0.928. The third-order valence-corrected chi connectivity index (χ3v) is 10.4. The Morgan fingerprint density at radius 3 is 1.58 bits per heavy atom. The molecule has 156 valence electrons. The Kier molecular flexibility index (Phi) is 9.55. The van der Waals surface area contributed by atoms with E-state index in [0.29, 0.717) is 5.92 Å². The van der Waals surface area contributed by atoms with Crippen molar-refractivity contribution in [1.29, 1.82) is 0 Å².